The number of carbonyl (C=O) groups is 1. The first-order chi connectivity index (χ1) is 10.9. The lowest BCUT2D eigenvalue weighted by Crippen LogP contribution is -2.15. The molecule has 4 nitrogen and oxygen atoms in total. The van der Waals surface area contributed by atoms with E-state index in [1.807, 2.05) is 6.92 Å². The van der Waals surface area contributed by atoms with Gasteiger partial charge in [0.1, 0.15) is 5.58 Å². The molecule has 0 radical (unpaired) electrons. The smallest absolute Gasteiger partial charge is 0.291 e. The van der Waals surface area contributed by atoms with E-state index in [0.29, 0.717) is 26.7 Å². The Labute approximate surface area is 141 Å². The predicted octanol–water partition coefficient (Wildman–Crippen LogP) is 4.66. The van der Waals surface area contributed by atoms with E-state index in [2.05, 4.69) is 5.32 Å². The van der Waals surface area contributed by atoms with Gasteiger partial charge >= 0.3 is 0 Å². The van der Waals surface area contributed by atoms with Crippen molar-refractivity contribution in [1.82, 2.24) is 0 Å². The first-order valence-corrected chi connectivity index (χ1v) is 7.50. The Balaban J connectivity index is 1.99. The molecule has 0 aliphatic carbocycles. The summed E-state index contributed by atoms with van der Waals surface area (Å²) < 4.78 is 5.50. The average molecular weight is 348 g/mol. The van der Waals surface area contributed by atoms with E-state index in [1.165, 1.54) is 6.07 Å². The van der Waals surface area contributed by atoms with Crippen LogP contribution in [0, 0.1) is 6.92 Å². The molecule has 116 valence electrons. The molecule has 0 saturated carbocycles. The molecule has 0 bridgehead atoms. The zero-order valence-corrected chi connectivity index (χ0v) is 13.5. The molecule has 2 aromatic carbocycles. The van der Waals surface area contributed by atoms with Crippen LogP contribution in [0.15, 0.2) is 51.7 Å². The highest BCUT2D eigenvalue weighted by Crippen LogP contribution is 2.22. The van der Waals surface area contributed by atoms with Crippen LogP contribution in [0.25, 0.3) is 11.0 Å². The van der Waals surface area contributed by atoms with Crippen molar-refractivity contribution >= 4 is 45.8 Å². The molecule has 6 heteroatoms. The lowest BCUT2D eigenvalue weighted by atomic mass is 10.2. The molecule has 23 heavy (non-hydrogen) atoms. The zero-order chi connectivity index (χ0) is 16.6. The summed E-state index contributed by atoms with van der Waals surface area (Å²) in [5.74, 6) is -0.603. The van der Waals surface area contributed by atoms with E-state index in [1.54, 1.807) is 30.3 Å². The zero-order valence-electron chi connectivity index (χ0n) is 12.0. The lowest BCUT2D eigenvalue weighted by molar-refractivity contribution is 0.0997. The lowest BCUT2D eigenvalue weighted by Gasteiger charge is -2.08. The molecule has 1 heterocycles. The van der Waals surface area contributed by atoms with Crippen molar-refractivity contribution in [2.45, 2.75) is 6.92 Å². The third kappa shape index (κ3) is 3.23. The summed E-state index contributed by atoms with van der Waals surface area (Å²) in [6, 6.07) is 11.0. The van der Waals surface area contributed by atoms with Gasteiger partial charge in [-0.05, 0) is 42.8 Å². The SMILES string of the molecule is Cc1ccc(Cl)cc1NC(=O)c1cc(=O)c2cc(Cl)ccc2o1. The first kappa shape index (κ1) is 15.6. The molecule has 0 spiro atoms. The van der Waals surface area contributed by atoms with Crippen LogP contribution in [0.5, 0.6) is 0 Å². The number of rotatable bonds is 2. The minimum Gasteiger partial charge on any atom is -0.451 e. The van der Waals surface area contributed by atoms with Crippen LogP contribution in [-0.2, 0) is 0 Å². The van der Waals surface area contributed by atoms with E-state index < -0.39 is 5.91 Å². The Bertz CT molecular complexity index is 979. The Kier molecular flexibility index (Phi) is 4.11. The Morgan fingerprint density at radius 3 is 2.52 bits per heavy atom. The van der Waals surface area contributed by atoms with Gasteiger partial charge in [-0.25, -0.2) is 0 Å². The highest BCUT2D eigenvalue weighted by molar-refractivity contribution is 6.31. The summed E-state index contributed by atoms with van der Waals surface area (Å²) in [6.45, 7) is 1.84. The van der Waals surface area contributed by atoms with Gasteiger partial charge in [-0.2, -0.15) is 0 Å². The number of benzene rings is 2. The number of halogens is 2. The van der Waals surface area contributed by atoms with Crippen molar-refractivity contribution in [2.24, 2.45) is 0 Å². The predicted molar refractivity (Wildman–Crippen MR) is 91.6 cm³/mol. The number of fused-ring (bicyclic) bond motifs is 1. The van der Waals surface area contributed by atoms with Crippen molar-refractivity contribution in [1.29, 1.82) is 0 Å². The van der Waals surface area contributed by atoms with Gasteiger partial charge in [-0.15, -0.1) is 0 Å². The minimum absolute atomic E-state index is 0.0794. The molecule has 0 aliphatic heterocycles. The fourth-order valence-electron chi connectivity index (χ4n) is 2.15. The van der Waals surface area contributed by atoms with Gasteiger partial charge in [0, 0.05) is 21.8 Å². The van der Waals surface area contributed by atoms with Crippen molar-refractivity contribution in [3.05, 3.63) is 74.1 Å². The maximum absolute atomic E-state index is 12.3. The Morgan fingerprint density at radius 1 is 1.04 bits per heavy atom. The topological polar surface area (TPSA) is 59.3 Å². The molecule has 1 amide bonds. The van der Waals surface area contributed by atoms with Gasteiger partial charge in [0.25, 0.3) is 5.91 Å². The van der Waals surface area contributed by atoms with Crippen molar-refractivity contribution in [3.8, 4) is 0 Å². The summed E-state index contributed by atoms with van der Waals surface area (Å²) in [5.41, 5.74) is 1.37. The van der Waals surface area contributed by atoms with Gasteiger partial charge in [0.2, 0.25) is 0 Å². The fraction of sp³-hybridized carbons (Fsp3) is 0.0588. The number of carbonyl (C=O) groups excluding carboxylic acids is 1. The molecule has 0 saturated heterocycles. The van der Waals surface area contributed by atoms with E-state index in [-0.39, 0.29) is 11.2 Å². The van der Waals surface area contributed by atoms with E-state index in [9.17, 15) is 9.59 Å². The molecule has 3 aromatic rings. The second-order valence-corrected chi connectivity index (χ2v) is 5.90. The Hall–Kier alpha value is -2.30. The highest BCUT2D eigenvalue weighted by Gasteiger charge is 2.14. The highest BCUT2D eigenvalue weighted by atomic mass is 35.5. The van der Waals surface area contributed by atoms with E-state index in [4.69, 9.17) is 27.6 Å². The fourth-order valence-corrected chi connectivity index (χ4v) is 2.50. The summed E-state index contributed by atoms with van der Waals surface area (Å²) >= 11 is 11.8. The molecule has 0 aliphatic rings. The molecule has 1 aromatic heterocycles. The average Bonchev–Trinajstić information content (AvgIpc) is 2.51. The molecular formula is C17H11Cl2NO3. The van der Waals surface area contributed by atoms with Crippen LogP contribution >= 0.6 is 23.2 Å². The normalized spacial score (nSPS) is 10.7. The molecule has 3 rings (SSSR count). The Morgan fingerprint density at radius 2 is 1.74 bits per heavy atom. The van der Waals surface area contributed by atoms with E-state index >= 15 is 0 Å². The third-order valence-corrected chi connectivity index (χ3v) is 3.83. The van der Waals surface area contributed by atoms with Crippen LogP contribution < -0.4 is 10.7 Å². The summed E-state index contributed by atoms with van der Waals surface area (Å²) in [6.07, 6.45) is 0. The standard InChI is InChI=1S/C17H11Cl2NO3/c1-9-2-3-11(19)7-13(9)20-17(22)16-8-14(21)12-6-10(18)4-5-15(12)23-16/h2-8H,1H3,(H,20,22). The summed E-state index contributed by atoms with van der Waals surface area (Å²) in [4.78, 5) is 24.4. The number of anilines is 1. The molecule has 0 atom stereocenters. The molecule has 0 unspecified atom stereocenters. The maximum Gasteiger partial charge on any atom is 0.291 e. The minimum atomic E-state index is -0.524. The monoisotopic (exact) mass is 347 g/mol. The van der Waals surface area contributed by atoms with Gasteiger partial charge in [0.15, 0.2) is 11.2 Å². The van der Waals surface area contributed by atoms with Gasteiger partial charge in [0.05, 0.1) is 5.39 Å². The van der Waals surface area contributed by atoms with Crippen LogP contribution in [0.1, 0.15) is 16.1 Å². The quantitative estimate of drug-likeness (QED) is 0.733. The van der Waals surface area contributed by atoms with Gasteiger partial charge in [-0.1, -0.05) is 29.3 Å². The number of amides is 1. The van der Waals surface area contributed by atoms with Crippen molar-refractivity contribution < 1.29 is 9.21 Å². The second kappa shape index (κ2) is 6.07. The van der Waals surface area contributed by atoms with Crippen molar-refractivity contribution in [2.75, 3.05) is 5.32 Å². The van der Waals surface area contributed by atoms with Crippen molar-refractivity contribution in [3.63, 3.8) is 0 Å². The first-order valence-electron chi connectivity index (χ1n) is 6.75. The van der Waals surface area contributed by atoms with Crippen LogP contribution in [0.2, 0.25) is 10.0 Å². The van der Waals surface area contributed by atoms with Crippen LogP contribution in [0.3, 0.4) is 0 Å². The van der Waals surface area contributed by atoms with E-state index in [0.717, 1.165) is 11.6 Å². The number of hydrogen-bond donors (Lipinski definition) is 1. The summed E-state index contributed by atoms with van der Waals surface area (Å²) in [7, 11) is 0. The summed E-state index contributed by atoms with van der Waals surface area (Å²) in [5, 5.41) is 3.94. The number of nitrogens with one attached hydrogen (secondary N) is 1. The second-order valence-electron chi connectivity index (χ2n) is 5.03. The van der Waals surface area contributed by atoms with Crippen LogP contribution in [-0.4, -0.2) is 5.91 Å². The van der Waals surface area contributed by atoms with Gasteiger partial charge < -0.3 is 9.73 Å². The number of hydrogen-bond acceptors (Lipinski definition) is 3. The molecular weight excluding hydrogens is 337 g/mol. The number of aryl methyl sites for hydroxylation is 1. The third-order valence-electron chi connectivity index (χ3n) is 3.36. The maximum atomic E-state index is 12.3. The van der Waals surface area contributed by atoms with Crippen LogP contribution in [0.4, 0.5) is 5.69 Å². The van der Waals surface area contributed by atoms with Gasteiger partial charge in [-0.3, -0.25) is 9.59 Å². The largest absolute Gasteiger partial charge is 0.451 e. The molecule has 0 fully saturated rings. The molecule has 1 N–H and O–H groups in total.